The lowest BCUT2D eigenvalue weighted by atomic mass is 10.1. The van der Waals surface area contributed by atoms with Gasteiger partial charge in [0.05, 0.1) is 19.0 Å². The van der Waals surface area contributed by atoms with Gasteiger partial charge in [-0.1, -0.05) is 0 Å². The van der Waals surface area contributed by atoms with E-state index in [1.807, 2.05) is 0 Å². The van der Waals surface area contributed by atoms with Gasteiger partial charge in [-0.05, 0) is 37.3 Å². The second-order valence-corrected chi connectivity index (χ2v) is 7.77. The fraction of sp³-hybridized carbons (Fsp3) is 0.318. The summed E-state index contributed by atoms with van der Waals surface area (Å²) in [5.74, 6) is 0.0177. The molecule has 1 aliphatic rings. The third-order valence-electron chi connectivity index (χ3n) is 5.45. The minimum Gasteiger partial charge on any atom is -0.494 e. The van der Waals surface area contributed by atoms with Crippen LogP contribution in [0.3, 0.4) is 0 Å². The van der Waals surface area contributed by atoms with Crippen LogP contribution in [0, 0.1) is 11.6 Å². The maximum Gasteiger partial charge on any atom is 0.222 e. The number of nitrogen functional groups attached to an aromatic ring is 1. The molecule has 4 rings (SSSR count). The summed E-state index contributed by atoms with van der Waals surface area (Å²) in [6.07, 6.45) is 0. The summed E-state index contributed by atoms with van der Waals surface area (Å²) >= 11 is 0. The van der Waals surface area contributed by atoms with Crippen LogP contribution in [0.2, 0.25) is 0 Å². The number of fused-ring (bicyclic) bond motifs is 1. The topological polar surface area (TPSA) is 106 Å². The number of hydrogen-bond donors (Lipinski definition) is 2. The number of rotatable bonds is 5. The Balaban J connectivity index is 1.52. The first-order valence-electron chi connectivity index (χ1n) is 10.2. The number of hydrogen-bond acceptors (Lipinski definition) is 7. The Morgan fingerprint density at radius 2 is 1.91 bits per heavy atom. The minimum atomic E-state index is -0.497. The Morgan fingerprint density at radius 3 is 2.59 bits per heavy atom. The highest BCUT2D eigenvalue weighted by Gasteiger charge is 2.24. The molecule has 10 heteroatoms. The molecule has 0 radical (unpaired) electrons. The molecule has 4 N–H and O–H groups in total. The monoisotopic (exact) mass is 441 g/mol. The van der Waals surface area contributed by atoms with Gasteiger partial charge in [-0.2, -0.15) is 4.98 Å². The highest BCUT2D eigenvalue weighted by Crippen LogP contribution is 2.31. The van der Waals surface area contributed by atoms with Crippen molar-refractivity contribution in [3.8, 4) is 5.75 Å². The quantitative estimate of drug-likeness (QED) is 0.463. The van der Waals surface area contributed by atoms with Crippen molar-refractivity contribution in [3.05, 3.63) is 48.0 Å². The van der Waals surface area contributed by atoms with Gasteiger partial charge in [-0.15, -0.1) is 0 Å². The summed E-state index contributed by atoms with van der Waals surface area (Å²) in [4.78, 5) is 17.1. The van der Waals surface area contributed by atoms with Crippen molar-refractivity contribution in [2.75, 3.05) is 43.9 Å². The van der Waals surface area contributed by atoms with E-state index in [9.17, 15) is 8.78 Å². The number of amidine groups is 1. The van der Waals surface area contributed by atoms with Gasteiger partial charge < -0.3 is 21.1 Å². The van der Waals surface area contributed by atoms with E-state index >= 15 is 0 Å². The van der Waals surface area contributed by atoms with Crippen molar-refractivity contribution < 1.29 is 13.5 Å². The molecule has 8 nitrogen and oxygen atoms in total. The number of anilines is 2. The number of aromatic nitrogens is 2. The molecule has 168 valence electrons. The first kappa shape index (κ1) is 21.7. The van der Waals surface area contributed by atoms with E-state index in [0.29, 0.717) is 23.3 Å². The van der Waals surface area contributed by atoms with Crippen molar-refractivity contribution in [1.29, 1.82) is 0 Å². The van der Waals surface area contributed by atoms with Gasteiger partial charge in [0.25, 0.3) is 0 Å². The highest BCUT2D eigenvalue weighted by molar-refractivity contribution is 5.96. The Bertz CT molecular complexity index is 1150. The highest BCUT2D eigenvalue weighted by atomic mass is 19.1. The van der Waals surface area contributed by atoms with Crippen LogP contribution in [0.5, 0.6) is 5.75 Å². The second kappa shape index (κ2) is 8.91. The predicted octanol–water partition coefficient (Wildman–Crippen LogP) is 2.70. The van der Waals surface area contributed by atoms with Gasteiger partial charge in [0.1, 0.15) is 28.7 Å². The fourth-order valence-electron chi connectivity index (χ4n) is 4.00. The summed E-state index contributed by atoms with van der Waals surface area (Å²) in [5.41, 5.74) is 13.4. The normalized spacial score (nSPS) is 17.7. The van der Waals surface area contributed by atoms with Crippen molar-refractivity contribution in [2.24, 2.45) is 10.7 Å². The molecule has 1 atom stereocenters. The largest absolute Gasteiger partial charge is 0.494 e. The molecule has 3 aromatic rings. The number of ether oxygens (including phenoxy) is 1. The number of piperazine rings is 1. The van der Waals surface area contributed by atoms with Crippen LogP contribution < -0.4 is 21.1 Å². The number of halogens is 2. The van der Waals surface area contributed by atoms with Crippen LogP contribution in [0.25, 0.3) is 10.9 Å². The molecular weight excluding hydrogens is 416 g/mol. The third kappa shape index (κ3) is 4.54. The van der Waals surface area contributed by atoms with Gasteiger partial charge >= 0.3 is 0 Å². The van der Waals surface area contributed by atoms with Crippen LogP contribution in [-0.4, -0.2) is 60.0 Å². The number of nitrogens with two attached hydrogens (primary N) is 2. The Kier molecular flexibility index (Phi) is 6.04. The molecule has 2 aromatic carbocycles. The Labute approximate surface area is 184 Å². The van der Waals surface area contributed by atoms with E-state index in [1.165, 1.54) is 31.4 Å². The van der Waals surface area contributed by atoms with Crippen LogP contribution in [0.1, 0.15) is 6.92 Å². The van der Waals surface area contributed by atoms with Crippen LogP contribution in [-0.2, 0) is 0 Å². The molecule has 32 heavy (non-hydrogen) atoms. The van der Waals surface area contributed by atoms with Gasteiger partial charge in [-0.3, -0.25) is 4.90 Å². The molecule has 0 spiro atoms. The van der Waals surface area contributed by atoms with Crippen LogP contribution in [0.15, 0.2) is 41.4 Å². The van der Waals surface area contributed by atoms with Gasteiger partial charge in [0, 0.05) is 37.4 Å². The third-order valence-corrected chi connectivity index (χ3v) is 5.45. The van der Waals surface area contributed by atoms with E-state index in [4.69, 9.17) is 16.2 Å². The summed E-state index contributed by atoms with van der Waals surface area (Å²) in [7, 11) is 1.43. The van der Waals surface area contributed by atoms with Crippen LogP contribution >= 0.6 is 0 Å². The summed E-state index contributed by atoms with van der Waals surface area (Å²) in [6, 6.07) is 9.23. The summed E-state index contributed by atoms with van der Waals surface area (Å²) in [6.45, 7) is 4.80. The average Bonchev–Trinajstić information content (AvgIpc) is 2.74. The lowest BCUT2D eigenvalue weighted by Gasteiger charge is -2.41. The molecule has 1 unspecified atom stereocenters. The van der Waals surface area contributed by atoms with E-state index in [2.05, 4.69) is 31.7 Å². The molecule has 1 saturated heterocycles. The standard InChI is InChI=1S/C22H25F2N7O/c1-13-11-30(7-8-31(13)16-5-3-14(23)4-6-16)12-19(25)27-21-17-9-15(24)10-18(32-2)20(17)28-22(26)29-21/h3-6,9-10,13H,7-8,11-12H2,1-2H3,(H4,25,26,27,28,29). The van der Waals surface area contributed by atoms with Gasteiger partial charge in [0.2, 0.25) is 5.95 Å². The molecule has 0 saturated carbocycles. The molecule has 1 fully saturated rings. The summed E-state index contributed by atoms with van der Waals surface area (Å²) < 4.78 is 32.5. The molecule has 1 aromatic heterocycles. The Hall–Kier alpha value is -3.53. The minimum absolute atomic E-state index is 0.00417. The van der Waals surface area contributed by atoms with Gasteiger partial charge in [0.15, 0.2) is 5.82 Å². The zero-order chi connectivity index (χ0) is 22.8. The van der Waals surface area contributed by atoms with Crippen molar-refractivity contribution >= 4 is 34.2 Å². The zero-order valence-corrected chi connectivity index (χ0v) is 17.9. The number of nitrogens with zero attached hydrogens (tertiary/aromatic N) is 5. The molecule has 0 bridgehead atoms. The Morgan fingerprint density at radius 1 is 1.16 bits per heavy atom. The lowest BCUT2D eigenvalue weighted by molar-refractivity contribution is 0.257. The predicted molar refractivity (Wildman–Crippen MR) is 121 cm³/mol. The van der Waals surface area contributed by atoms with E-state index in [1.54, 1.807) is 12.1 Å². The van der Waals surface area contributed by atoms with E-state index in [0.717, 1.165) is 25.3 Å². The number of benzene rings is 2. The molecule has 0 amide bonds. The van der Waals surface area contributed by atoms with E-state index in [-0.39, 0.29) is 29.4 Å². The number of methoxy groups -OCH3 is 1. The summed E-state index contributed by atoms with van der Waals surface area (Å²) in [5, 5.41) is 0.369. The molecule has 0 aliphatic carbocycles. The molecular formula is C22H25F2N7O. The van der Waals surface area contributed by atoms with Gasteiger partial charge in [-0.25, -0.2) is 18.8 Å². The molecule has 1 aliphatic heterocycles. The van der Waals surface area contributed by atoms with Crippen LogP contribution in [0.4, 0.5) is 26.2 Å². The lowest BCUT2D eigenvalue weighted by Crippen LogP contribution is -2.53. The van der Waals surface area contributed by atoms with Crippen molar-refractivity contribution in [1.82, 2.24) is 14.9 Å². The second-order valence-electron chi connectivity index (χ2n) is 7.77. The zero-order valence-electron chi connectivity index (χ0n) is 17.9. The van der Waals surface area contributed by atoms with Crippen molar-refractivity contribution in [3.63, 3.8) is 0 Å². The smallest absolute Gasteiger partial charge is 0.222 e. The fourth-order valence-corrected chi connectivity index (χ4v) is 4.00. The maximum atomic E-state index is 14.0. The first-order valence-corrected chi connectivity index (χ1v) is 10.2. The first-order chi connectivity index (χ1) is 15.3. The maximum absolute atomic E-state index is 14.0. The SMILES string of the molecule is COc1cc(F)cc2c(N=C(N)CN3CCN(c4ccc(F)cc4)C(C)C3)nc(N)nc12. The van der Waals surface area contributed by atoms with Crippen molar-refractivity contribution in [2.45, 2.75) is 13.0 Å². The number of aliphatic imine (C=N–C) groups is 1. The molecule has 2 heterocycles. The average molecular weight is 441 g/mol. The van der Waals surface area contributed by atoms with E-state index < -0.39 is 5.82 Å².